The second-order valence-corrected chi connectivity index (χ2v) is 13.6. The van der Waals surface area contributed by atoms with E-state index in [1.807, 2.05) is 32.0 Å². The summed E-state index contributed by atoms with van der Waals surface area (Å²) in [6.45, 7) is 3.93. The zero-order valence-electron chi connectivity index (χ0n) is 25.4. The largest absolute Gasteiger partial charge is 0.493 e. The van der Waals surface area contributed by atoms with E-state index >= 15 is 0 Å². The fourth-order valence-electron chi connectivity index (χ4n) is 6.17. The highest BCUT2D eigenvalue weighted by Crippen LogP contribution is 2.48. The van der Waals surface area contributed by atoms with Crippen LogP contribution in [0.1, 0.15) is 48.1 Å². The van der Waals surface area contributed by atoms with Crippen molar-refractivity contribution in [2.24, 2.45) is 5.92 Å². The number of para-hydroxylation sites is 1. The molecule has 1 amide bonds. The maximum Gasteiger partial charge on any atom is 0.309 e. The molecule has 3 aromatic rings. The van der Waals surface area contributed by atoms with Crippen LogP contribution in [0.15, 0.2) is 54.6 Å². The fourth-order valence-corrected chi connectivity index (χ4v) is 6.55. The quantitative estimate of drug-likeness (QED) is 0.292. The molecule has 3 aromatic carbocycles. The van der Waals surface area contributed by atoms with Crippen molar-refractivity contribution in [1.29, 1.82) is 0 Å². The van der Waals surface area contributed by atoms with E-state index in [2.05, 4.69) is 5.32 Å². The van der Waals surface area contributed by atoms with Crippen molar-refractivity contribution in [3.63, 3.8) is 0 Å². The van der Waals surface area contributed by atoms with Crippen molar-refractivity contribution in [2.75, 3.05) is 43.8 Å². The van der Waals surface area contributed by atoms with Gasteiger partial charge in [-0.25, -0.2) is 12.8 Å². The summed E-state index contributed by atoms with van der Waals surface area (Å²) in [5.74, 6) is -3.26. The highest BCUT2D eigenvalue weighted by atomic mass is 32.2. The molecule has 12 heteroatoms. The first-order valence-electron chi connectivity index (χ1n) is 14.9. The molecule has 0 unspecified atom stereocenters. The predicted molar refractivity (Wildman–Crippen MR) is 166 cm³/mol. The molecule has 1 saturated heterocycles. The number of hydrogen-bond donors (Lipinski definition) is 2. The number of ether oxygens (including phenoxy) is 3. The number of hydrogen-bond acceptors (Lipinski definition) is 8. The molecule has 2 aliphatic heterocycles. The van der Waals surface area contributed by atoms with Crippen LogP contribution < -0.4 is 19.5 Å². The van der Waals surface area contributed by atoms with E-state index in [1.54, 1.807) is 35.2 Å². The summed E-state index contributed by atoms with van der Waals surface area (Å²) in [6, 6.07) is 14.8. The summed E-state index contributed by atoms with van der Waals surface area (Å²) in [4.78, 5) is 28.3. The van der Waals surface area contributed by atoms with Gasteiger partial charge in [-0.1, -0.05) is 44.2 Å². The number of carbonyl (C=O) groups is 2. The van der Waals surface area contributed by atoms with Crippen LogP contribution >= 0.6 is 0 Å². The Morgan fingerprint density at radius 2 is 1.73 bits per heavy atom. The number of anilines is 1. The van der Waals surface area contributed by atoms with Gasteiger partial charge in [-0.15, -0.1) is 0 Å². The smallest absolute Gasteiger partial charge is 0.309 e. The van der Waals surface area contributed by atoms with Crippen LogP contribution in [0, 0.1) is 11.7 Å². The number of aryl methyl sites for hydroxylation is 2. The lowest BCUT2D eigenvalue weighted by molar-refractivity contribution is -0.143. The van der Waals surface area contributed by atoms with Gasteiger partial charge in [-0.2, -0.15) is 0 Å². The lowest BCUT2D eigenvalue weighted by Crippen LogP contribution is -2.35. The first-order valence-corrected chi connectivity index (χ1v) is 16.9. The van der Waals surface area contributed by atoms with Crippen LogP contribution in [0.25, 0.3) is 0 Å². The van der Waals surface area contributed by atoms with Gasteiger partial charge in [0.25, 0.3) is 0 Å². The fraction of sp³-hybridized carbons (Fsp3) is 0.394. The number of aliphatic carboxylic acids is 1. The third-order valence-electron chi connectivity index (χ3n) is 8.32. The Hall–Kier alpha value is -4.16. The molecule has 2 aliphatic rings. The average Bonchev–Trinajstić information content (AvgIpc) is 3.62. The molecule has 0 bridgehead atoms. The molecule has 240 valence electrons. The summed E-state index contributed by atoms with van der Waals surface area (Å²) < 4.78 is 54.2. The third-order valence-corrected chi connectivity index (χ3v) is 9.22. The van der Waals surface area contributed by atoms with Crippen molar-refractivity contribution < 1.29 is 41.7 Å². The predicted octanol–water partition coefficient (Wildman–Crippen LogP) is 4.58. The van der Waals surface area contributed by atoms with E-state index in [4.69, 9.17) is 14.2 Å². The molecule has 0 spiro atoms. The summed E-state index contributed by atoms with van der Waals surface area (Å²) >= 11 is 0. The Morgan fingerprint density at radius 1 is 1.04 bits per heavy atom. The van der Waals surface area contributed by atoms with Gasteiger partial charge in [0, 0.05) is 30.4 Å². The Labute approximate surface area is 262 Å². The van der Waals surface area contributed by atoms with Crippen molar-refractivity contribution in [1.82, 2.24) is 4.90 Å². The van der Waals surface area contributed by atoms with Gasteiger partial charge < -0.3 is 24.6 Å². The van der Waals surface area contributed by atoms with Crippen LogP contribution in [0.4, 0.5) is 10.1 Å². The lowest BCUT2D eigenvalue weighted by Gasteiger charge is -2.27. The first kappa shape index (κ1) is 32.2. The van der Waals surface area contributed by atoms with Crippen LogP contribution in [-0.2, 0) is 32.3 Å². The summed E-state index contributed by atoms with van der Waals surface area (Å²) in [6.07, 6.45) is 2.59. The molecule has 2 N–H and O–H groups in total. The molecule has 3 atom stereocenters. The van der Waals surface area contributed by atoms with Crippen LogP contribution in [0.2, 0.25) is 0 Å². The van der Waals surface area contributed by atoms with Gasteiger partial charge in [0.15, 0.2) is 21.4 Å². The van der Waals surface area contributed by atoms with E-state index in [-0.39, 0.29) is 49.6 Å². The summed E-state index contributed by atoms with van der Waals surface area (Å²) in [7, 11) is -3.20. The van der Waals surface area contributed by atoms with Gasteiger partial charge in [-0.3, -0.25) is 14.5 Å². The molecule has 0 aromatic heterocycles. The minimum Gasteiger partial charge on any atom is -0.493 e. The van der Waals surface area contributed by atoms with Crippen molar-refractivity contribution in [3.8, 4) is 17.2 Å². The topological polar surface area (TPSA) is 131 Å². The van der Waals surface area contributed by atoms with Crippen LogP contribution in [0.5, 0.6) is 17.2 Å². The second-order valence-electron chi connectivity index (χ2n) is 11.3. The van der Waals surface area contributed by atoms with Crippen LogP contribution in [0.3, 0.4) is 0 Å². The van der Waals surface area contributed by atoms with E-state index in [0.29, 0.717) is 16.9 Å². The number of fused-ring (bicyclic) bond motifs is 1. The number of carboxylic acid groups (broad SMARTS) is 1. The normalized spacial score (nSPS) is 19.4. The summed E-state index contributed by atoms with van der Waals surface area (Å²) in [5.41, 5.74) is 3.83. The lowest BCUT2D eigenvalue weighted by atomic mass is 9.82. The molecule has 1 fully saturated rings. The number of likely N-dealkylation sites (tertiary alicyclic amines) is 1. The molecule has 2 heterocycles. The average molecular weight is 641 g/mol. The Kier molecular flexibility index (Phi) is 9.64. The Bertz CT molecular complexity index is 1660. The molecular formula is C33H37FN2O8S. The molecule has 45 heavy (non-hydrogen) atoms. The number of sulfone groups is 1. The number of nitrogens with one attached hydrogen (secondary N) is 1. The van der Waals surface area contributed by atoms with Gasteiger partial charge in [0.05, 0.1) is 18.2 Å². The van der Waals surface area contributed by atoms with Gasteiger partial charge in [0.2, 0.25) is 18.4 Å². The van der Waals surface area contributed by atoms with Crippen molar-refractivity contribution >= 4 is 27.4 Å². The highest BCUT2D eigenvalue weighted by molar-refractivity contribution is 7.90. The van der Waals surface area contributed by atoms with E-state index in [1.165, 1.54) is 6.07 Å². The molecule has 0 radical (unpaired) electrons. The number of carboxylic acids is 1. The van der Waals surface area contributed by atoms with Crippen LogP contribution in [-0.4, -0.2) is 68.8 Å². The Balaban J connectivity index is 1.47. The standard InChI is InChI=1S/C33H37FN2O8S/c1-4-20-7-6-8-21(5-2)30(20)35-28(37)18-36-17-25(23-15-26(34)32-27(16-23)43-19-44-32)29(33(38)39)31(36)22-9-11-24(12-10-22)42-13-14-45(3,40)41/h6-12,15-16,25,29,31H,4-5,13-14,17-19H2,1-3H3,(H,35,37)(H,38,39)/t25-,29-,31+/m1/s1. The number of nitrogens with zero attached hydrogens (tertiary/aromatic N) is 1. The van der Waals surface area contributed by atoms with Gasteiger partial charge >= 0.3 is 5.97 Å². The molecule has 0 aliphatic carbocycles. The van der Waals surface area contributed by atoms with Gasteiger partial charge in [-0.05, 0) is 59.4 Å². The zero-order valence-corrected chi connectivity index (χ0v) is 26.2. The number of carbonyl (C=O) groups excluding carboxylic acids is 1. The van der Waals surface area contributed by atoms with E-state index in [9.17, 15) is 27.5 Å². The summed E-state index contributed by atoms with van der Waals surface area (Å²) in [5, 5.41) is 13.6. The number of benzene rings is 3. The minimum absolute atomic E-state index is 0.0100. The number of amides is 1. The first-order chi connectivity index (χ1) is 21.5. The second kappa shape index (κ2) is 13.5. The number of rotatable bonds is 12. The molecule has 0 saturated carbocycles. The third kappa shape index (κ3) is 7.23. The highest BCUT2D eigenvalue weighted by Gasteiger charge is 2.48. The molecule has 10 nitrogen and oxygen atoms in total. The monoisotopic (exact) mass is 640 g/mol. The van der Waals surface area contributed by atoms with E-state index in [0.717, 1.165) is 35.9 Å². The van der Waals surface area contributed by atoms with E-state index < -0.39 is 39.5 Å². The van der Waals surface area contributed by atoms with Crippen molar-refractivity contribution in [3.05, 3.63) is 82.7 Å². The SMILES string of the molecule is CCc1cccc(CC)c1NC(=O)CN1C[C@H](c2cc(F)c3c(c2)OCO3)[C@@H](C(=O)O)[C@@H]1c1ccc(OCCS(C)(=O)=O)cc1. The Morgan fingerprint density at radius 3 is 2.36 bits per heavy atom. The maximum atomic E-state index is 15.0. The van der Waals surface area contributed by atoms with Crippen molar-refractivity contribution in [2.45, 2.75) is 38.6 Å². The van der Waals surface area contributed by atoms with Gasteiger partial charge in [0.1, 0.15) is 12.4 Å². The number of halogens is 1. The molecular weight excluding hydrogens is 603 g/mol. The maximum absolute atomic E-state index is 15.0. The zero-order chi connectivity index (χ0) is 32.3. The minimum atomic E-state index is -3.20. The molecule has 5 rings (SSSR count).